The lowest BCUT2D eigenvalue weighted by Crippen LogP contribution is -2.39. The summed E-state index contributed by atoms with van der Waals surface area (Å²) in [7, 11) is 0. The topological polar surface area (TPSA) is 116 Å². The Bertz CT molecular complexity index is 1030. The molecule has 1 aromatic carbocycles. The summed E-state index contributed by atoms with van der Waals surface area (Å²) in [6.45, 7) is 8.62. The van der Waals surface area contributed by atoms with E-state index in [-0.39, 0.29) is 35.1 Å². The van der Waals surface area contributed by atoms with Crippen LogP contribution in [0, 0.1) is 5.82 Å². The number of carbonyl (C=O) groups is 1. The first-order chi connectivity index (χ1) is 13.6. The zero-order valence-corrected chi connectivity index (χ0v) is 17.0. The molecule has 2 heterocycles. The molecule has 9 heteroatoms. The van der Waals surface area contributed by atoms with Gasteiger partial charge in [0.15, 0.2) is 11.6 Å². The Balaban J connectivity index is 2.16. The molecule has 158 valence electrons. The Labute approximate surface area is 167 Å². The monoisotopic (exact) mass is 407 g/mol. The van der Waals surface area contributed by atoms with E-state index in [9.17, 15) is 14.7 Å². The summed E-state index contributed by atoms with van der Waals surface area (Å²) in [5.74, 6) is -2.07. The van der Waals surface area contributed by atoms with Crippen LogP contribution in [0.3, 0.4) is 0 Å². The number of nitrogens with zero attached hydrogens (tertiary/aromatic N) is 1. The van der Waals surface area contributed by atoms with Gasteiger partial charge in [0, 0.05) is 19.3 Å². The van der Waals surface area contributed by atoms with E-state index in [1.54, 1.807) is 4.57 Å². The quantitative estimate of drug-likeness (QED) is 0.477. The molecule has 0 saturated heterocycles. The van der Waals surface area contributed by atoms with Gasteiger partial charge >= 0.3 is 5.97 Å². The molecule has 0 atom stereocenters. The molecule has 1 aliphatic heterocycles. The number of nitrogen functional groups attached to an aromatic ring is 1. The number of halogens is 1. The molecule has 4 N–H and O–H groups in total. The van der Waals surface area contributed by atoms with Gasteiger partial charge in [-0.1, -0.05) is 0 Å². The first-order valence-corrected chi connectivity index (χ1v) is 9.48. The SMILES string of the molecule is CC(C)OCCCNc1c(F)c(N)c2c(=O)c(C(=O)O)cn3c2c1OCC3(C)C. The highest BCUT2D eigenvalue weighted by Crippen LogP contribution is 2.44. The van der Waals surface area contributed by atoms with Crippen molar-refractivity contribution in [3.8, 4) is 5.75 Å². The lowest BCUT2D eigenvalue weighted by atomic mass is 9.98. The second-order valence-corrected chi connectivity index (χ2v) is 8.00. The van der Waals surface area contributed by atoms with Gasteiger partial charge in [-0.05, 0) is 34.1 Å². The van der Waals surface area contributed by atoms with Crippen LogP contribution in [0.2, 0.25) is 0 Å². The van der Waals surface area contributed by atoms with Crippen molar-refractivity contribution in [2.45, 2.75) is 45.8 Å². The van der Waals surface area contributed by atoms with Crippen LogP contribution in [-0.2, 0) is 10.3 Å². The number of aromatic nitrogens is 1. The number of anilines is 2. The average Bonchev–Trinajstić information content (AvgIpc) is 2.63. The van der Waals surface area contributed by atoms with Gasteiger partial charge in [0.25, 0.3) is 0 Å². The molecule has 1 aromatic heterocycles. The van der Waals surface area contributed by atoms with Crippen molar-refractivity contribution in [3.63, 3.8) is 0 Å². The van der Waals surface area contributed by atoms with E-state index in [2.05, 4.69) is 5.32 Å². The minimum absolute atomic E-state index is 0.0614. The number of ether oxygens (including phenoxy) is 2. The predicted octanol–water partition coefficient (Wildman–Crippen LogP) is 2.78. The number of nitrogens with one attached hydrogen (secondary N) is 1. The van der Waals surface area contributed by atoms with Gasteiger partial charge in [-0.15, -0.1) is 0 Å². The number of rotatable bonds is 7. The first kappa shape index (κ1) is 20.9. The normalized spacial score (nSPS) is 14.8. The third-order valence-corrected chi connectivity index (χ3v) is 4.90. The predicted molar refractivity (Wildman–Crippen MR) is 109 cm³/mol. The fourth-order valence-electron chi connectivity index (χ4n) is 3.40. The maximum absolute atomic E-state index is 15.1. The van der Waals surface area contributed by atoms with Crippen LogP contribution in [0.5, 0.6) is 5.75 Å². The molecule has 0 saturated carbocycles. The fourth-order valence-corrected chi connectivity index (χ4v) is 3.40. The molecule has 2 aromatic rings. The number of hydrogen-bond donors (Lipinski definition) is 3. The van der Waals surface area contributed by atoms with Crippen LogP contribution in [-0.4, -0.2) is 41.5 Å². The average molecular weight is 407 g/mol. The summed E-state index contributed by atoms with van der Waals surface area (Å²) >= 11 is 0. The van der Waals surface area contributed by atoms with E-state index >= 15 is 4.39 Å². The molecular weight excluding hydrogens is 381 g/mol. The van der Waals surface area contributed by atoms with Crippen molar-refractivity contribution in [3.05, 3.63) is 27.8 Å². The summed E-state index contributed by atoms with van der Waals surface area (Å²) in [6, 6.07) is 0. The van der Waals surface area contributed by atoms with Crippen LogP contribution in [0.4, 0.5) is 15.8 Å². The van der Waals surface area contributed by atoms with E-state index in [0.29, 0.717) is 19.6 Å². The maximum atomic E-state index is 15.1. The van der Waals surface area contributed by atoms with Crippen molar-refractivity contribution in [2.75, 3.05) is 30.8 Å². The second kappa shape index (κ2) is 7.55. The van der Waals surface area contributed by atoms with Crippen LogP contribution < -0.4 is 21.2 Å². The van der Waals surface area contributed by atoms with E-state index < -0.39 is 34.0 Å². The number of aromatic carboxylic acids is 1. The summed E-state index contributed by atoms with van der Waals surface area (Å²) in [5, 5.41) is 12.2. The lowest BCUT2D eigenvalue weighted by Gasteiger charge is -2.36. The maximum Gasteiger partial charge on any atom is 0.341 e. The zero-order valence-electron chi connectivity index (χ0n) is 17.0. The highest BCUT2D eigenvalue weighted by Gasteiger charge is 2.35. The molecule has 0 radical (unpaired) electrons. The van der Waals surface area contributed by atoms with E-state index in [0.717, 1.165) is 0 Å². The number of pyridine rings is 1. The Morgan fingerprint density at radius 2 is 2.17 bits per heavy atom. The van der Waals surface area contributed by atoms with Crippen LogP contribution in [0.1, 0.15) is 44.5 Å². The number of nitrogens with two attached hydrogens (primary N) is 1. The molecule has 29 heavy (non-hydrogen) atoms. The molecule has 0 aliphatic carbocycles. The molecule has 1 aliphatic rings. The molecule has 0 fully saturated rings. The van der Waals surface area contributed by atoms with Crippen LogP contribution >= 0.6 is 0 Å². The van der Waals surface area contributed by atoms with Gasteiger partial charge in [-0.25, -0.2) is 9.18 Å². The Morgan fingerprint density at radius 1 is 1.48 bits per heavy atom. The highest BCUT2D eigenvalue weighted by atomic mass is 19.1. The standard InChI is InChI=1S/C20H26FN3O5/c1-10(2)28-7-5-6-23-15-13(21)14(22)12-16-18(15)29-9-20(3,4)24(16)8-11(17(12)25)19(26)27/h8,10,23H,5-7,9,22H2,1-4H3,(H,26,27). The Kier molecular flexibility index (Phi) is 5.44. The Morgan fingerprint density at radius 3 is 2.79 bits per heavy atom. The van der Waals surface area contributed by atoms with Crippen molar-refractivity contribution in [2.24, 2.45) is 0 Å². The number of benzene rings is 1. The van der Waals surface area contributed by atoms with Gasteiger partial charge < -0.3 is 30.2 Å². The zero-order chi connectivity index (χ0) is 21.5. The molecule has 3 rings (SSSR count). The molecule has 8 nitrogen and oxygen atoms in total. The van der Waals surface area contributed by atoms with E-state index in [1.165, 1.54) is 6.20 Å². The van der Waals surface area contributed by atoms with Crippen LogP contribution in [0.15, 0.2) is 11.0 Å². The third kappa shape index (κ3) is 3.62. The van der Waals surface area contributed by atoms with Crippen LogP contribution in [0.25, 0.3) is 10.9 Å². The highest BCUT2D eigenvalue weighted by molar-refractivity contribution is 6.03. The number of carboxylic acid groups (broad SMARTS) is 1. The third-order valence-electron chi connectivity index (χ3n) is 4.90. The van der Waals surface area contributed by atoms with Gasteiger partial charge in [0.05, 0.1) is 28.2 Å². The molecule has 0 amide bonds. The summed E-state index contributed by atoms with van der Waals surface area (Å²) < 4.78 is 28.0. The molecule has 0 unspecified atom stereocenters. The van der Waals surface area contributed by atoms with E-state index in [1.807, 2.05) is 27.7 Å². The molecule has 0 spiro atoms. The second-order valence-electron chi connectivity index (χ2n) is 8.00. The fraction of sp³-hybridized carbons (Fsp3) is 0.500. The lowest BCUT2D eigenvalue weighted by molar-refractivity contribution is 0.0693. The smallest absolute Gasteiger partial charge is 0.341 e. The minimum Gasteiger partial charge on any atom is -0.487 e. The van der Waals surface area contributed by atoms with Crippen molar-refractivity contribution >= 4 is 28.2 Å². The minimum atomic E-state index is -1.39. The largest absolute Gasteiger partial charge is 0.487 e. The summed E-state index contributed by atoms with van der Waals surface area (Å²) in [5.41, 5.74) is 3.96. The number of carboxylic acids is 1. The Hall–Kier alpha value is -2.81. The van der Waals surface area contributed by atoms with Gasteiger partial charge in [0.2, 0.25) is 5.43 Å². The van der Waals surface area contributed by atoms with E-state index in [4.69, 9.17) is 15.2 Å². The van der Waals surface area contributed by atoms with Gasteiger partial charge in [-0.3, -0.25) is 4.79 Å². The van der Waals surface area contributed by atoms with Crippen molar-refractivity contribution in [1.82, 2.24) is 4.57 Å². The van der Waals surface area contributed by atoms with Crippen molar-refractivity contribution < 1.29 is 23.8 Å². The number of hydrogen-bond acceptors (Lipinski definition) is 6. The summed E-state index contributed by atoms with van der Waals surface area (Å²) in [6.07, 6.45) is 2.01. The summed E-state index contributed by atoms with van der Waals surface area (Å²) in [4.78, 5) is 24.3. The molecule has 0 bridgehead atoms. The van der Waals surface area contributed by atoms with Crippen molar-refractivity contribution in [1.29, 1.82) is 0 Å². The van der Waals surface area contributed by atoms with Gasteiger partial charge in [-0.2, -0.15) is 0 Å². The van der Waals surface area contributed by atoms with Gasteiger partial charge in [0.1, 0.15) is 17.9 Å². The molecular formula is C20H26FN3O5. The first-order valence-electron chi connectivity index (χ1n) is 9.48.